The Morgan fingerprint density at radius 2 is 1.66 bits per heavy atom. The van der Waals surface area contributed by atoms with Gasteiger partial charge in [0.25, 0.3) is 0 Å². The van der Waals surface area contributed by atoms with Crippen LogP contribution in [0.4, 0.5) is 4.39 Å². The smallest absolute Gasteiger partial charge is 0.306 e. The molecule has 0 aromatic heterocycles. The van der Waals surface area contributed by atoms with Gasteiger partial charge in [0, 0.05) is 25.4 Å². The molecule has 2 unspecified atom stereocenters. The van der Waals surface area contributed by atoms with Gasteiger partial charge in [-0.1, -0.05) is 88.6 Å². The molecule has 1 saturated heterocycles. The number of aryl methyl sites for hydroxylation is 2. The predicted molar refractivity (Wildman–Crippen MR) is 153 cm³/mol. The molecule has 1 aliphatic heterocycles. The van der Waals surface area contributed by atoms with Gasteiger partial charge < -0.3 is 9.47 Å². The summed E-state index contributed by atoms with van der Waals surface area (Å²) in [6.45, 7) is 3.57. The van der Waals surface area contributed by atoms with Crippen molar-refractivity contribution in [3.8, 4) is 5.75 Å². The molecule has 0 N–H and O–H groups in total. The van der Waals surface area contributed by atoms with Gasteiger partial charge in [0.1, 0.15) is 17.7 Å². The molecule has 4 nitrogen and oxygen atoms in total. The van der Waals surface area contributed by atoms with Gasteiger partial charge in [-0.25, -0.2) is 4.39 Å². The first-order valence-corrected chi connectivity index (χ1v) is 14.9. The van der Waals surface area contributed by atoms with Gasteiger partial charge in [-0.05, 0) is 62.1 Å². The molecule has 210 valence electrons. The summed E-state index contributed by atoms with van der Waals surface area (Å²) >= 11 is 0. The fourth-order valence-corrected chi connectivity index (χ4v) is 5.39. The molecule has 38 heavy (non-hydrogen) atoms. The maximum absolute atomic E-state index is 13.9. The maximum atomic E-state index is 13.9. The van der Waals surface area contributed by atoms with Crippen molar-refractivity contribution >= 4 is 5.97 Å². The van der Waals surface area contributed by atoms with Gasteiger partial charge in [0.2, 0.25) is 0 Å². The average Bonchev–Trinajstić information content (AvgIpc) is 3.26. The number of rotatable bonds is 18. The van der Waals surface area contributed by atoms with E-state index >= 15 is 0 Å². The number of esters is 1. The summed E-state index contributed by atoms with van der Waals surface area (Å²) in [6.07, 6.45) is 15.0. The maximum Gasteiger partial charge on any atom is 0.306 e. The Labute approximate surface area is 229 Å². The highest BCUT2D eigenvalue weighted by atomic mass is 19.1. The summed E-state index contributed by atoms with van der Waals surface area (Å²) in [5, 5.41) is 0. The number of likely N-dealkylation sites (N-methyl/N-ethyl adjacent to an activating group) is 1. The highest BCUT2D eigenvalue weighted by molar-refractivity contribution is 5.69. The Morgan fingerprint density at radius 3 is 2.39 bits per heavy atom. The Bertz CT molecular complexity index is 935. The van der Waals surface area contributed by atoms with Gasteiger partial charge in [-0.3, -0.25) is 9.69 Å². The van der Waals surface area contributed by atoms with Crippen LogP contribution in [0.15, 0.2) is 48.5 Å². The van der Waals surface area contributed by atoms with Crippen molar-refractivity contribution in [1.29, 1.82) is 0 Å². The van der Waals surface area contributed by atoms with Crippen molar-refractivity contribution in [3.63, 3.8) is 0 Å². The highest BCUT2D eigenvalue weighted by Gasteiger charge is 2.31. The fourth-order valence-electron chi connectivity index (χ4n) is 5.39. The first-order chi connectivity index (χ1) is 18.5. The number of nitrogens with zero attached hydrogens (tertiary/aromatic N) is 1. The molecule has 1 aliphatic rings. The van der Waals surface area contributed by atoms with Crippen molar-refractivity contribution in [2.24, 2.45) is 0 Å². The number of hydrogen-bond acceptors (Lipinski definition) is 4. The Kier molecular flexibility index (Phi) is 13.7. The summed E-state index contributed by atoms with van der Waals surface area (Å²) in [5.41, 5.74) is 2.13. The summed E-state index contributed by atoms with van der Waals surface area (Å²) in [5.74, 6) is 0.465. The zero-order valence-corrected chi connectivity index (χ0v) is 23.6. The molecule has 0 aliphatic carbocycles. The number of ether oxygens (including phenoxy) is 2. The van der Waals surface area contributed by atoms with E-state index in [-0.39, 0.29) is 17.9 Å². The second kappa shape index (κ2) is 17.2. The number of likely N-dealkylation sites (tertiary alicyclic amines) is 1. The first-order valence-electron chi connectivity index (χ1n) is 14.9. The number of benzene rings is 2. The lowest BCUT2D eigenvalue weighted by Crippen LogP contribution is -2.27. The highest BCUT2D eigenvalue weighted by Crippen LogP contribution is 2.25. The molecule has 1 heterocycles. The SMILES string of the molecule is CCCCCCCCCCCC(=O)OC1CC(CCOc2ccc(F)cc2CCc2ccccc2)N(C)C1. The Morgan fingerprint density at radius 1 is 0.947 bits per heavy atom. The number of halogens is 1. The molecule has 2 aromatic rings. The Hall–Kier alpha value is -2.40. The zero-order chi connectivity index (χ0) is 27.0. The minimum absolute atomic E-state index is 0.0386. The molecule has 2 aromatic carbocycles. The van der Waals surface area contributed by atoms with Gasteiger partial charge in [0.15, 0.2) is 0 Å². The van der Waals surface area contributed by atoms with Crippen LogP contribution in [0.3, 0.4) is 0 Å². The largest absolute Gasteiger partial charge is 0.493 e. The summed E-state index contributed by atoms with van der Waals surface area (Å²) in [6, 6.07) is 15.3. The number of unbranched alkanes of at least 4 members (excludes halogenated alkanes) is 8. The average molecular weight is 526 g/mol. The van der Waals surface area contributed by atoms with E-state index in [1.807, 2.05) is 18.2 Å². The molecule has 0 radical (unpaired) electrons. The molecule has 1 fully saturated rings. The van der Waals surface area contributed by atoms with Crippen LogP contribution >= 0.6 is 0 Å². The third-order valence-electron chi connectivity index (χ3n) is 7.69. The summed E-state index contributed by atoms with van der Waals surface area (Å²) < 4.78 is 25.8. The third-order valence-corrected chi connectivity index (χ3v) is 7.69. The minimum atomic E-state index is -0.233. The molecular formula is C33H48FNO3. The van der Waals surface area contributed by atoms with E-state index in [1.165, 1.54) is 56.6 Å². The lowest BCUT2D eigenvalue weighted by molar-refractivity contribution is -0.148. The van der Waals surface area contributed by atoms with Gasteiger partial charge in [0.05, 0.1) is 6.61 Å². The van der Waals surface area contributed by atoms with E-state index in [4.69, 9.17) is 9.47 Å². The summed E-state index contributed by atoms with van der Waals surface area (Å²) in [4.78, 5) is 14.6. The van der Waals surface area contributed by atoms with Crippen molar-refractivity contribution in [2.45, 2.75) is 109 Å². The molecule has 0 saturated carbocycles. The van der Waals surface area contributed by atoms with Crippen LogP contribution in [-0.4, -0.2) is 43.2 Å². The number of hydrogen-bond donors (Lipinski definition) is 0. The minimum Gasteiger partial charge on any atom is -0.493 e. The lowest BCUT2D eigenvalue weighted by Gasteiger charge is -2.19. The normalized spacial score (nSPS) is 17.6. The van der Waals surface area contributed by atoms with Crippen LogP contribution in [0, 0.1) is 5.82 Å². The second-order valence-corrected chi connectivity index (χ2v) is 10.9. The van der Waals surface area contributed by atoms with Gasteiger partial charge in [-0.2, -0.15) is 0 Å². The third kappa shape index (κ3) is 11.1. The van der Waals surface area contributed by atoms with Crippen LogP contribution in [0.25, 0.3) is 0 Å². The molecule has 3 rings (SSSR count). The van der Waals surface area contributed by atoms with E-state index in [0.29, 0.717) is 19.1 Å². The van der Waals surface area contributed by atoms with Crippen molar-refractivity contribution in [3.05, 3.63) is 65.5 Å². The van der Waals surface area contributed by atoms with Gasteiger partial charge >= 0.3 is 5.97 Å². The molecule has 0 amide bonds. The summed E-state index contributed by atoms with van der Waals surface area (Å²) in [7, 11) is 2.09. The van der Waals surface area contributed by atoms with E-state index in [1.54, 1.807) is 12.1 Å². The second-order valence-electron chi connectivity index (χ2n) is 10.9. The molecule has 5 heteroatoms. The molecule has 0 spiro atoms. The van der Waals surface area contributed by atoms with Crippen LogP contribution in [0.5, 0.6) is 5.75 Å². The van der Waals surface area contributed by atoms with Crippen molar-refractivity contribution in [2.75, 3.05) is 20.2 Å². The fraction of sp³-hybridized carbons (Fsp3) is 0.606. The zero-order valence-electron chi connectivity index (χ0n) is 23.6. The number of carbonyl (C=O) groups is 1. The van der Waals surface area contributed by atoms with Gasteiger partial charge in [-0.15, -0.1) is 0 Å². The van der Waals surface area contributed by atoms with E-state index in [9.17, 15) is 9.18 Å². The Balaban J connectivity index is 1.32. The first kappa shape index (κ1) is 30.1. The van der Waals surface area contributed by atoms with Crippen molar-refractivity contribution in [1.82, 2.24) is 4.90 Å². The standard InChI is InChI=1S/C33H48FNO3/c1-3-4-5-6-7-8-9-10-14-17-33(36)38-31-25-30(35(2)26-31)22-23-37-32-21-20-29(34)24-28(32)19-18-27-15-12-11-13-16-27/h11-13,15-16,20-21,24,30-31H,3-10,14,17-19,22-23,25-26H2,1-2H3. The van der Waals surface area contributed by atoms with Crippen molar-refractivity contribution < 1.29 is 18.7 Å². The monoisotopic (exact) mass is 525 g/mol. The molecule has 2 atom stereocenters. The van der Waals surface area contributed by atoms with E-state index < -0.39 is 0 Å². The van der Waals surface area contributed by atoms with Crippen LogP contribution in [0.2, 0.25) is 0 Å². The van der Waals surface area contributed by atoms with Crippen LogP contribution < -0.4 is 4.74 Å². The topological polar surface area (TPSA) is 38.8 Å². The van der Waals surface area contributed by atoms with Crippen LogP contribution in [0.1, 0.15) is 95.1 Å². The van der Waals surface area contributed by atoms with E-state index in [0.717, 1.165) is 56.4 Å². The predicted octanol–water partition coefficient (Wildman–Crippen LogP) is 7.92. The molecular weight excluding hydrogens is 477 g/mol. The quantitative estimate of drug-likeness (QED) is 0.146. The lowest BCUT2D eigenvalue weighted by atomic mass is 10.0. The number of carbonyl (C=O) groups excluding carboxylic acids is 1. The van der Waals surface area contributed by atoms with E-state index in [2.05, 4.69) is 31.0 Å². The molecule has 0 bridgehead atoms. The van der Waals surface area contributed by atoms with Crippen LogP contribution in [-0.2, 0) is 22.4 Å².